The zero-order chi connectivity index (χ0) is 47.4. The van der Waals surface area contributed by atoms with Crippen molar-refractivity contribution in [1.29, 1.82) is 0 Å². The number of carbonyl (C=O) groups is 8. The molecular formula is C47H60N8O9S. The van der Waals surface area contributed by atoms with Gasteiger partial charge in [-0.3, -0.25) is 43.3 Å². The Balaban J connectivity index is 1.23. The van der Waals surface area contributed by atoms with E-state index in [1.165, 1.54) is 30.5 Å². The second-order valence-corrected chi connectivity index (χ2v) is 17.7. The maximum absolute atomic E-state index is 14.5. The number of hydrogen-bond donors (Lipinski definition) is 6. The highest BCUT2D eigenvalue weighted by Gasteiger charge is 2.42. The van der Waals surface area contributed by atoms with E-state index in [-0.39, 0.29) is 67.5 Å². The number of nitrogens with two attached hydrogens (primary N) is 2. The fraction of sp³-hybridized carbons (Fsp3) is 0.447. The third-order valence-electron chi connectivity index (χ3n) is 11.1. The standard InChI is InChI=1S/C47H60N8O9S/c1-27(2)23-37(53-39(56)24-51-44(60)35(49)26-65-25-30-16-18-31(64-5)19-17-30)46(62)54-21-9-15-38(54)47(63)55(45(61)29(4)52-43(59)28(3)48)22-10-20-50-36-14-8-13-34-40(36)42(58)33-12-7-6-11-32(33)41(34)57/h6-8,11-14,16-19,27-29,35,37-38,50H,9-10,15,20-26,48-49H2,1-5H3,(H,51,60)(H,52,59)(H,53,56)/t28-,29-,35-,37-,38-/m0/s1. The molecule has 17 nitrogen and oxygen atoms in total. The van der Waals surface area contributed by atoms with E-state index in [0.29, 0.717) is 34.7 Å². The minimum Gasteiger partial charge on any atom is -0.497 e. The highest BCUT2D eigenvalue weighted by atomic mass is 32.2. The van der Waals surface area contributed by atoms with Crippen LogP contribution in [0.3, 0.4) is 0 Å². The summed E-state index contributed by atoms with van der Waals surface area (Å²) in [6.45, 7) is 6.48. The van der Waals surface area contributed by atoms with Gasteiger partial charge in [-0.15, -0.1) is 0 Å². The first kappa shape index (κ1) is 49.9. The Morgan fingerprint density at radius 2 is 1.54 bits per heavy atom. The van der Waals surface area contributed by atoms with Crippen molar-refractivity contribution < 1.29 is 43.1 Å². The van der Waals surface area contributed by atoms with Gasteiger partial charge in [0.1, 0.15) is 23.9 Å². The third-order valence-corrected chi connectivity index (χ3v) is 12.3. The highest BCUT2D eigenvalue weighted by molar-refractivity contribution is 7.98. The number of ether oxygens (including phenoxy) is 1. The lowest BCUT2D eigenvalue weighted by atomic mass is 9.83. The summed E-state index contributed by atoms with van der Waals surface area (Å²) in [4.78, 5) is 111. The molecule has 8 N–H and O–H groups in total. The number of rotatable bonds is 21. The van der Waals surface area contributed by atoms with Gasteiger partial charge in [0.25, 0.3) is 11.8 Å². The number of benzene rings is 3. The molecule has 5 atom stereocenters. The molecule has 18 heteroatoms. The number of fused-ring (bicyclic) bond motifs is 2. The monoisotopic (exact) mass is 912 g/mol. The number of amides is 6. The van der Waals surface area contributed by atoms with Crippen LogP contribution in [0.5, 0.6) is 5.75 Å². The molecule has 0 bridgehead atoms. The van der Waals surface area contributed by atoms with Crippen molar-refractivity contribution in [2.75, 3.05) is 44.4 Å². The predicted octanol–water partition coefficient (Wildman–Crippen LogP) is 2.38. The second-order valence-electron chi connectivity index (χ2n) is 16.7. The molecule has 2 aliphatic rings. The SMILES string of the molecule is COc1ccc(CSC[C@H](N)C(=O)NCC(=O)N[C@@H](CC(C)C)C(=O)N2CCC[C@H]2C(=O)N(CCCNc2cccc3c2C(=O)c2ccccc2C3=O)C(=O)[C@H](C)NC(=O)[C@H](C)N)cc1. The molecule has 0 spiro atoms. The van der Waals surface area contributed by atoms with Crippen LogP contribution in [0, 0.1) is 5.92 Å². The van der Waals surface area contributed by atoms with E-state index in [0.717, 1.165) is 16.2 Å². The molecular weight excluding hydrogens is 853 g/mol. The molecule has 0 unspecified atom stereocenters. The van der Waals surface area contributed by atoms with Gasteiger partial charge in [-0.05, 0) is 69.2 Å². The molecule has 3 aromatic carbocycles. The van der Waals surface area contributed by atoms with Crippen LogP contribution in [0.1, 0.15) is 90.8 Å². The molecule has 3 aromatic rings. The van der Waals surface area contributed by atoms with Gasteiger partial charge in [0.05, 0.1) is 31.3 Å². The van der Waals surface area contributed by atoms with Crippen LogP contribution in [-0.2, 0) is 34.5 Å². The molecule has 1 aliphatic carbocycles. The quantitative estimate of drug-likeness (QED) is 0.0658. The summed E-state index contributed by atoms with van der Waals surface area (Å²) < 4.78 is 5.18. The van der Waals surface area contributed by atoms with Crippen LogP contribution in [0.4, 0.5) is 5.69 Å². The van der Waals surface area contributed by atoms with Crippen LogP contribution >= 0.6 is 11.8 Å². The van der Waals surface area contributed by atoms with Crippen molar-refractivity contribution >= 4 is 64.5 Å². The smallest absolute Gasteiger partial charge is 0.252 e. The van der Waals surface area contributed by atoms with E-state index >= 15 is 0 Å². The summed E-state index contributed by atoms with van der Waals surface area (Å²) in [7, 11) is 1.59. The largest absolute Gasteiger partial charge is 0.497 e. The first-order valence-electron chi connectivity index (χ1n) is 21.8. The number of nitrogens with one attached hydrogen (secondary N) is 4. The van der Waals surface area contributed by atoms with Crippen molar-refractivity contribution in [3.63, 3.8) is 0 Å². The number of nitrogens with zero attached hydrogens (tertiary/aromatic N) is 2. The van der Waals surface area contributed by atoms with Crippen molar-refractivity contribution in [2.24, 2.45) is 17.4 Å². The van der Waals surface area contributed by atoms with Crippen LogP contribution in [-0.4, -0.2) is 126 Å². The Morgan fingerprint density at radius 1 is 0.862 bits per heavy atom. The Labute approximate surface area is 383 Å². The molecule has 6 amide bonds. The highest BCUT2D eigenvalue weighted by Crippen LogP contribution is 2.32. The third kappa shape index (κ3) is 12.8. The molecule has 348 valence electrons. The van der Waals surface area contributed by atoms with Crippen molar-refractivity contribution in [2.45, 2.75) is 89.3 Å². The van der Waals surface area contributed by atoms with Gasteiger partial charge >= 0.3 is 0 Å². The second kappa shape index (κ2) is 23.2. The Morgan fingerprint density at radius 3 is 2.20 bits per heavy atom. The molecule has 0 aromatic heterocycles. The number of hydrogen-bond acceptors (Lipinski definition) is 13. The zero-order valence-electron chi connectivity index (χ0n) is 37.5. The maximum atomic E-state index is 14.5. The number of methoxy groups -OCH3 is 1. The van der Waals surface area contributed by atoms with Gasteiger partial charge in [-0.2, -0.15) is 11.8 Å². The summed E-state index contributed by atoms with van der Waals surface area (Å²) in [6.07, 6.45) is 1.12. The molecule has 65 heavy (non-hydrogen) atoms. The maximum Gasteiger partial charge on any atom is 0.252 e. The average molecular weight is 913 g/mol. The van der Waals surface area contributed by atoms with Crippen LogP contribution in [0.25, 0.3) is 0 Å². The van der Waals surface area contributed by atoms with Gasteiger partial charge in [-0.25, -0.2) is 0 Å². The van der Waals surface area contributed by atoms with E-state index in [2.05, 4.69) is 21.3 Å². The summed E-state index contributed by atoms with van der Waals surface area (Å²) in [5.74, 6) is -2.57. The van der Waals surface area contributed by atoms with E-state index in [1.807, 2.05) is 38.1 Å². The number of likely N-dealkylation sites (tertiary alicyclic amines) is 1. The zero-order valence-corrected chi connectivity index (χ0v) is 38.3. The Bertz CT molecular complexity index is 2250. The Kier molecular flexibility index (Phi) is 17.8. The number of thioether (sulfide) groups is 1. The van der Waals surface area contributed by atoms with Crippen molar-refractivity contribution in [3.8, 4) is 5.75 Å². The van der Waals surface area contributed by atoms with Gasteiger partial charge < -0.3 is 42.4 Å². The molecule has 1 heterocycles. The van der Waals surface area contributed by atoms with Crippen molar-refractivity contribution in [3.05, 3.63) is 94.5 Å². The first-order valence-corrected chi connectivity index (χ1v) is 23.0. The van der Waals surface area contributed by atoms with Gasteiger partial charge in [0.2, 0.25) is 23.6 Å². The van der Waals surface area contributed by atoms with Gasteiger partial charge in [0.15, 0.2) is 11.6 Å². The fourth-order valence-corrected chi connectivity index (χ4v) is 8.68. The van der Waals surface area contributed by atoms with E-state index in [4.69, 9.17) is 16.2 Å². The van der Waals surface area contributed by atoms with E-state index in [1.54, 1.807) is 49.6 Å². The molecule has 1 aliphatic heterocycles. The topological polar surface area (TPSA) is 252 Å². The van der Waals surface area contributed by atoms with E-state index in [9.17, 15) is 38.4 Å². The van der Waals surface area contributed by atoms with Crippen LogP contribution in [0.2, 0.25) is 0 Å². The fourth-order valence-electron chi connectivity index (χ4n) is 7.73. The minimum atomic E-state index is -1.15. The number of imide groups is 1. The average Bonchev–Trinajstić information content (AvgIpc) is 3.79. The van der Waals surface area contributed by atoms with Crippen LogP contribution < -0.4 is 37.5 Å². The lowest BCUT2D eigenvalue weighted by molar-refractivity contribution is -0.153. The molecule has 1 fully saturated rings. The number of carbonyl (C=O) groups excluding carboxylic acids is 8. The van der Waals surface area contributed by atoms with Crippen molar-refractivity contribution in [1.82, 2.24) is 25.8 Å². The predicted molar refractivity (Wildman–Crippen MR) is 247 cm³/mol. The lowest BCUT2D eigenvalue weighted by Gasteiger charge is -2.33. The molecule has 1 saturated heterocycles. The summed E-state index contributed by atoms with van der Waals surface area (Å²) in [5.41, 5.74) is 14.4. The molecule has 5 rings (SSSR count). The lowest BCUT2D eigenvalue weighted by Crippen LogP contribution is -2.58. The minimum absolute atomic E-state index is 0.0508. The first-order chi connectivity index (χ1) is 31.0. The van der Waals surface area contributed by atoms with E-state index < -0.39 is 72.2 Å². The van der Waals surface area contributed by atoms with Crippen LogP contribution in [0.15, 0.2) is 66.7 Å². The Hall–Kier alpha value is -6.11. The van der Waals surface area contributed by atoms with Gasteiger partial charge in [-0.1, -0.05) is 62.4 Å². The molecule has 0 saturated carbocycles. The number of ketones is 2. The summed E-state index contributed by atoms with van der Waals surface area (Å²) in [5, 5.41) is 11.0. The summed E-state index contributed by atoms with van der Waals surface area (Å²) in [6, 6.07) is 14.0. The van der Waals surface area contributed by atoms with Gasteiger partial charge in [0, 0.05) is 53.5 Å². The molecule has 0 radical (unpaired) electrons. The number of anilines is 1. The normalized spacial score (nSPS) is 16.1. The summed E-state index contributed by atoms with van der Waals surface area (Å²) >= 11 is 1.47.